The summed E-state index contributed by atoms with van der Waals surface area (Å²) in [6.07, 6.45) is 3.08. The van der Waals surface area contributed by atoms with Crippen molar-refractivity contribution in [2.24, 2.45) is 5.73 Å². The summed E-state index contributed by atoms with van der Waals surface area (Å²) in [5, 5.41) is 3.45. The van der Waals surface area contributed by atoms with E-state index in [0.717, 1.165) is 0 Å². The maximum absolute atomic E-state index is 14.4. The average molecular weight is 453 g/mol. The van der Waals surface area contributed by atoms with E-state index in [-0.39, 0.29) is 11.4 Å². The van der Waals surface area contributed by atoms with Crippen molar-refractivity contribution in [3.8, 4) is 34.0 Å². The van der Waals surface area contributed by atoms with Crippen LogP contribution in [0.15, 0.2) is 70.3 Å². The number of sulfone groups is 1. The molecular formula is C23H21FN4O3S. The Hall–Kier alpha value is -3.43. The predicted octanol–water partition coefficient (Wildman–Crippen LogP) is 4.25. The van der Waals surface area contributed by atoms with E-state index in [0.29, 0.717) is 39.5 Å². The first-order chi connectivity index (χ1) is 15.3. The van der Waals surface area contributed by atoms with Crippen molar-refractivity contribution < 1.29 is 17.3 Å². The van der Waals surface area contributed by atoms with Gasteiger partial charge in [-0.05, 0) is 43.7 Å². The SMILES string of the molecule is CC(C)S(=O)(=O)c1ccc(-c2cncc(-c3cc(-c4ccc(CN)cc4F)no3)n2)cc1. The number of nitrogens with two attached hydrogens (primary N) is 1. The van der Waals surface area contributed by atoms with Crippen LogP contribution in [0.4, 0.5) is 4.39 Å². The molecule has 164 valence electrons. The Kier molecular flexibility index (Phi) is 5.86. The first-order valence-corrected chi connectivity index (χ1v) is 11.5. The molecule has 0 atom stereocenters. The van der Waals surface area contributed by atoms with Gasteiger partial charge in [0.05, 0.1) is 28.2 Å². The van der Waals surface area contributed by atoms with Gasteiger partial charge < -0.3 is 10.3 Å². The third-order valence-corrected chi connectivity index (χ3v) is 7.21. The van der Waals surface area contributed by atoms with E-state index < -0.39 is 20.9 Å². The van der Waals surface area contributed by atoms with Crippen LogP contribution in [0.25, 0.3) is 34.0 Å². The molecule has 2 aromatic carbocycles. The minimum absolute atomic E-state index is 0.244. The Morgan fingerprint density at radius 2 is 1.72 bits per heavy atom. The van der Waals surface area contributed by atoms with Crippen LogP contribution in [0.5, 0.6) is 0 Å². The molecule has 0 aliphatic carbocycles. The van der Waals surface area contributed by atoms with Crippen molar-refractivity contribution in [3.63, 3.8) is 0 Å². The normalized spacial score (nSPS) is 11.8. The van der Waals surface area contributed by atoms with Crippen LogP contribution in [0.3, 0.4) is 0 Å². The lowest BCUT2D eigenvalue weighted by atomic mass is 10.1. The smallest absolute Gasteiger partial charge is 0.187 e. The number of hydrogen-bond donors (Lipinski definition) is 1. The highest BCUT2D eigenvalue weighted by molar-refractivity contribution is 7.92. The predicted molar refractivity (Wildman–Crippen MR) is 119 cm³/mol. The van der Waals surface area contributed by atoms with Gasteiger partial charge in [-0.2, -0.15) is 0 Å². The molecule has 0 saturated carbocycles. The van der Waals surface area contributed by atoms with Crippen LogP contribution in [0.2, 0.25) is 0 Å². The van der Waals surface area contributed by atoms with Gasteiger partial charge in [0, 0.05) is 23.7 Å². The Labute approximate surface area is 185 Å². The summed E-state index contributed by atoms with van der Waals surface area (Å²) in [5.41, 5.74) is 8.50. The van der Waals surface area contributed by atoms with Gasteiger partial charge in [-0.25, -0.2) is 17.8 Å². The van der Waals surface area contributed by atoms with Crippen LogP contribution >= 0.6 is 0 Å². The molecule has 0 spiro atoms. The van der Waals surface area contributed by atoms with E-state index in [9.17, 15) is 12.8 Å². The van der Waals surface area contributed by atoms with Gasteiger partial charge in [0.15, 0.2) is 15.6 Å². The number of aromatic nitrogens is 3. The summed E-state index contributed by atoms with van der Waals surface area (Å²) < 4.78 is 44.4. The first-order valence-electron chi connectivity index (χ1n) is 9.92. The minimum atomic E-state index is -3.36. The second kappa shape index (κ2) is 8.60. The standard InChI is InChI=1S/C23H21FN4O3S/c1-14(2)32(29,30)17-6-4-16(5-7-17)21-12-26-13-22(27-21)23-10-20(28-31-23)18-8-3-15(11-25)9-19(18)24/h3-10,12-14H,11,25H2,1-2H3. The number of halogens is 1. The van der Waals surface area contributed by atoms with Crippen LogP contribution in [-0.2, 0) is 16.4 Å². The molecule has 0 bridgehead atoms. The van der Waals surface area contributed by atoms with Gasteiger partial charge in [-0.1, -0.05) is 23.4 Å². The zero-order valence-corrected chi connectivity index (χ0v) is 18.3. The Bertz CT molecular complexity index is 1370. The Balaban J connectivity index is 1.63. The molecule has 2 N–H and O–H groups in total. The number of benzene rings is 2. The van der Waals surface area contributed by atoms with Gasteiger partial charge in [-0.15, -0.1) is 0 Å². The number of nitrogens with zero attached hydrogens (tertiary/aromatic N) is 3. The molecule has 2 heterocycles. The molecule has 0 unspecified atom stereocenters. The monoisotopic (exact) mass is 452 g/mol. The van der Waals surface area contributed by atoms with Crippen molar-refractivity contribution >= 4 is 9.84 Å². The summed E-state index contributed by atoms with van der Waals surface area (Å²) in [5.74, 6) is -0.111. The third-order valence-electron chi connectivity index (χ3n) is 5.04. The highest BCUT2D eigenvalue weighted by Gasteiger charge is 2.19. The second-order valence-electron chi connectivity index (χ2n) is 7.50. The molecule has 0 fully saturated rings. The molecule has 4 aromatic rings. The van der Waals surface area contributed by atoms with E-state index in [4.69, 9.17) is 10.3 Å². The molecule has 4 rings (SSSR count). The second-order valence-corrected chi connectivity index (χ2v) is 10.0. The maximum Gasteiger partial charge on any atom is 0.187 e. The third kappa shape index (κ3) is 4.17. The van der Waals surface area contributed by atoms with Gasteiger partial charge >= 0.3 is 0 Å². The van der Waals surface area contributed by atoms with Crippen LogP contribution in [0.1, 0.15) is 19.4 Å². The highest BCUT2D eigenvalue weighted by atomic mass is 32.2. The van der Waals surface area contributed by atoms with E-state index in [2.05, 4.69) is 15.1 Å². The lowest BCUT2D eigenvalue weighted by Crippen LogP contribution is -2.13. The molecule has 0 amide bonds. The zero-order valence-electron chi connectivity index (χ0n) is 17.5. The average Bonchev–Trinajstić information content (AvgIpc) is 3.29. The van der Waals surface area contributed by atoms with Crippen LogP contribution < -0.4 is 5.73 Å². The van der Waals surface area contributed by atoms with Crippen LogP contribution in [0, 0.1) is 5.82 Å². The molecular weight excluding hydrogens is 431 g/mol. The quantitative estimate of drug-likeness (QED) is 0.465. The van der Waals surface area contributed by atoms with Gasteiger partial charge in [0.2, 0.25) is 0 Å². The minimum Gasteiger partial charge on any atom is -0.354 e. The van der Waals surface area contributed by atoms with Crippen molar-refractivity contribution in [1.29, 1.82) is 0 Å². The maximum atomic E-state index is 14.4. The number of hydrogen-bond acceptors (Lipinski definition) is 7. The number of rotatable bonds is 6. The topological polar surface area (TPSA) is 112 Å². The van der Waals surface area contributed by atoms with Gasteiger partial charge in [0.1, 0.15) is 17.2 Å². The van der Waals surface area contributed by atoms with E-state index in [1.165, 1.54) is 12.3 Å². The van der Waals surface area contributed by atoms with Crippen molar-refractivity contribution in [2.45, 2.75) is 30.5 Å². The Morgan fingerprint density at radius 3 is 2.38 bits per heavy atom. The summed E-state index contributed by atoms with van der Waals surface area (Å²) in [6, 6.07) is 12.8. The lowest BCUT2D eigenvalue weighted by molar-refractivity contribution is 0.433. The van der Waals surface area contributed by atoms with E-state index >= 15 is 0 Å². The van der Waals surface area contributed by atoms with E-state index in [1.54, 1.807) is 62.5 Å². The van der Waals surface area contributed by atoms with Gasteiger partial charge in [-0.3, -0.25) is 4.98 Å². The molecule has 7 nitrogen and oxygen atoms in total. The highest BCUT2D eigenvalue weighted by Crippen LogP contribution is 2.28. The Morgan fingerprint density at radius 1 is 1.00 bits per heavy atom. The van der Waals surface area contributed by atoms with Crippen molar-refractivity contribution in [2.75, 3.05) is 0 Å². The fourth-order valence-corrected chi connectivity index (χ4v) is 4.19. The largest absolute Gasteiger partial charge is 0.354 e. The molecule has 9 heteroatoms. The van der Waals surface area contributed by atoms with E-state index in [1.807, 2.05) is 0 Å². The van der Waals surface area contributed by atoms with Crippen LogP contribution in [-0.4, -0.2) is 28.8 Å². The molecule has 0 radical (unpaired) electrons. The molecule has 0 saturated heterocycles. The fourth-order valence-electron chi connectivity index (χ4n) is 3.13. The summed E-state index contributed by atoms with van der Waals surface area (Å²) in [4.78, 5) is 9.00. The summed E-state index contributed by atoms with van der Waals surface area (Å²) >= 11 is 0. The molecule has 32 heavy (non-hydrogen) atoms. The fraction of sp³-hybridized carbons (Fsp3) is 0.174. The van der Waals surface area contributed by atoms with Crippen molar-refractivity contribution in [1.82, 2.24) is 15.1 Å². The zero-order chi connectivity index (χ0) is 22.9. The van der Waals surface area contributed by atoms with Gasteiger partial charge in [0.25, 0.3) is 0 Å². The molecule has 0 aliphatic heterocycles. The molecule has 0 aliphatic rings. The summed E-state index contributed by atoms with van der Waals surface area (Å²) in [6.45, 7) is 3.53. The van der Waals surface area contributed by atoms with Crippen molar-refractivity contribution in [3.05, 3.63) is 72.3 Å². The molecule has 2 aromatic heterocycles. The lowest BCUT2D eigenvalue weighted by Gasteiger charge is -2.08. The summed E-state index contributed by atoms with van der Waals surface area (Å²) in [7, 11) is -3.36. The first kappa shape index (κ1) is 21.8.